The summed E-state index contributed by atoms with van der Waals surface area (Å²) in [6.45, 7) is 0.936. The molecule has 5 nitrogen and oxygen atoms in total. The Morgan fingerprint density at radius 1 is 0.875 bits per heavy atom. The number of carboxylic acid groups (broad SMARTS) is 1. The molecule has 0 bridgehead atoms. The number of hydrogen-bond donors (Lipinski definition) is 1. The molecule has 0 spiro atoms. The third-order valence-corrected chi connectivity index (χ3v) is 6.91. The number of hydrogen-bond acceptors (Lipinski definition) is 3. The highest BCUT2D eigenvalue weighted by Gasteiger charge is 2.44. The van der Waals surface area contributed by atoms with E-state index in [2.05, 4.69) is 18.2 Å². The van der Waals surface area contributed by atoms with Crippen molar-refractivity contribution in [3.05, 3.63) is 95.1 Å². The minimum Gasteiger partial charge on any atom is -0.481 e. The van der Waals surface area contributed by atoms with E-state index in [1.54, 1.807) is 4.90 Å². The first-order valence-electron chi connectivity index (χ1n) is 11.0. The normalized spacial score (nSPS) is 16.2. The van der Waals surface area contributed by atoms with Gasteiger partial charge < -0.3 is 14.7 Å². The average Bonchev–Trinajstić information content (AvgIpc) is 3.22. The first-order chi connectivity index (χ1) is 15.6. The molecule has 3 aromatic carbocycles. The predicted octanol–water partition coefficient (Wildman–Crippen LogP) is 5.01. The summed E-state index contributed by atoms with van der Waals surface area (Å²) in [5.74, 6) is -0.837. The second-order valence-corrected chi connectivity index (χ2v) is 8.57. The van der Waals surface area contributed by atoms with Crippen molar-refractivity contribution in [3.8, 4) is 11.1 Å². The third-order valence-electron chi connectivity index (χ3n) is 6.91. The van der Waals surface area contributed by atoms with E-state index < -0.39 is 11.4 Å². The third kappa shape index (κ3) is 3.44. The van der Waals surface area contributed by atoms with Gasteiger partial charge in [-0.3, -0.25) is 4.79 Å². The molecule has 0 atom stereocenters. The van der Waals surface area contributed by atoms with E-state index in [0.29, 0.717) is 25.9 Å². The molecule has 0 unspecified atom stereocenters. The zero-order chi connectivity index (χ0) is 22.1. The Hall–Kier alpha value is -3.60. The molecule has 1 amide bonds. The first kappa shape index (κ1) is 20.3. The van der Waals surface area contributed by atoms with Crippen LogP contribution in [-0.4, -0.2) is 35.2 Å². The van der Waals surface area contributed by atoms with Gasteiger partial charge in [0.15, 0.2) is 0 Å². The number of carbonyl (C=O) groups excluding carboxylic acids is 1. The van der Waals surface area contributed by atoms with E-state index in [-0.39, 0.29) is 12.7 Å². The van der Waals surface area contributed by atoms with Crippen molar-refractivity contribution in [1.82, 2.24) is 4.90 Å². The maximum absolute atomic E-state index is 12.8. The van der Waals surface area contributed by atoms with Gasteiger partial charge in [0, 0.05) is 13.1 Å². The molecule has 1 aliphatic carbocycles. The summed E-state index contributed by atoms with van der Waals surface area (Å²) >= 11 is 0. The van der Waals surface area contributed by atoms with Crippen LogP contribution < -0.4 is 0 Å². The van der Waals surface area contributed by atoms with Crippen LogP contribution in [0.2, 0.25) is 0 Å². The molecule has 2 aliphatic rings. The SMILES string of the molecule is O=C(OCc1cccc2c1Cc1ccccc1-2)N1CCC(C(=O)O)(c2ccccc2)CC1. The maximum Gasteiger partial charge on any atom is 0.410 e. The fourth-order valence-electron chi connectivity index (χ4n) is 5.04. The molecular weight excluding hydrogens is 402 g/mol. The second-order valence-electron chi connectivity index (χ2n) is 8.57. The van der Waals surface area contributed by atoms with Crippen molar-refractivity contribution >= 4 is 12.1 Å². The lowest BCUT2D eigenvalue weighted by molar-refractivity contribution is -0.145. The molecule has 5 rings (SSSR count). The Kier molecular flexibility index (Phi) is 5.17. The largest absolute Gasteiger partial charge is 0.481 e. The summed E-state index contributed by atoms with van der Waals surface area (Å²) in [5, 5.41) is 9.95. The molecule has 1 heterocycles. The molecule has 0 saturated carbocycles. The Morgan fingerprint density at radius 3 is 2.31 bits per heavy atom. The fraction of sp³-hybridized carbons (Fsp3) is 0.259. The van der Waals surface area contributed by atoms with Crippen LogP contribution in [0, 0.1) is 0 Å². The number of benzene rings is 3. The first-order valence-corrected chi connectivity index (χ1v) is 11.0. The van der Waals surface area contributed by atoms with Crippen molar-refractivity contribution < 1.29 is 19.4 Å². The van der Waals surface area contributed by atoms with Crippen molar-refractivity contribution in [2.75, 3.05) is 13.1 Å². The molecule has 1 N–H and O–H groups in total. The number of rotatable bonds is 4. The summed E-state index contributed by atoms with van der Waals surface area (Å²) in [6, 6.07) is 23.8. The summed E-state index contributed by atoms with van der Waals surface area (Å²) in [6.07, 6.45) is 1.21. The molecule has 1 aliphatic heterocycles. The standard InChI is InChI=1S/C27H25NO4/c29-25(30)27(21-9-2-1-3-10-21)13-15-28(16-14-27)26(31)32-18-20-8-6-12-23-22-11-5-4-7-19(22)17-24(20)23/h1-12H,13-18H2,(H,29,30). The summed E-state index contributed by atoms with van der Waals surface area (Å²) in [7, 11) is 0. The van der Waals surface area contributed by atoms with Crippen LogP contribution in [0.3, 0.4) is 0 Å². The van der Waals surface area contributed by atoms with Gasteiger partial charge in [-0.25, -0.2) is 4.79 Å². The molecule has 32 heavy (non-hydrogen) atoms. The predicted molar refractivity (Wildman–Crippen MR) is 121 cm³/mol. The van der Waals surface area contributed by atoms with Gasteiger partial charge in [-0.1, -0.05) is 72.8 Å². The molecule has 0 aromatic heterocycles. The van der Waals surface area contributed by atoms with Gasteiger partial charge in [-0.2, -0.15) is 0 Å². The summed E-state index contributed by atoms with van der Waals surface area (Å²) in [5.41, 5.74) is 5.83. The molecule has 1 fully saturated rings. The van der Waals surface area contributed by atoms with Gasteiger partial charge in [-0.15, -0.1) is 0 Å². The lowest BCUT2D eigenvalue weighted by Crippen LogP contribution is -2.49. The minimum absolute atomic E-state index is 0.218. The number of piperidine rings is 1. The van der Waals surface area contributed by atoms with Crippen LogP contribution in [0.5, 0.6) is 0 Å². The molecule has 5 heteroatoms. The van der Waals surface area contributed by atoms with Gasteiger partial charge in [0.25, 0.3) is 0 Å². The molecule has 1 saturated heterocycles. The van der Waals surface area contributed by atoms with E-state index in [9.17, 15) is 14.7 Å². The lowest BCUT2D eigenvalue weighted by atomic mass is 9.73. The number of carboxylic acids is 1. The maximum atomic E-state index is 12.8. The fourth-order valence-corrected chi connectivity index (χ4v) is 5.04. The van der Waals surface area contributed by atoms with Gasteiger partial charge >= 0.3 is 12.1 Å². The highest BCUT2D eigenvalue weighted by molar-refractivity contribution is 5.82. The number of fused-ring (bicyclic) bond motifs is 3. The summed E-state index contributed by atoms with van der Waals surface area (Å²) < 4.78 is 5.67. The highest BCUT2D eigenvalue weighted by Crippen LogP contribution is 2.39. The van der Waals surface area contributed by atoms with Gasteiger partial charge in [0.05, 0.1) is 5.41 Å². The molecular formula is C27H25NO4. The van der Waals surface area contributed by atoms with Crippen molar-refractivity contribution in [3.63, 3.8) is 0 Å². The number of carbonyl (C=O) groups is 2. The van der Waals surface area contributed by atoms with Crippen LogP contribution in [-0.2, 0) is 28.0 Å². The van der Waals surface area contributed by atoms with Crippen molar-refractivity contribution in [2.24, 2.45) is 0 Å². The van der Waals surface area contributed by atoms with E-state index >= 15 is 0 Å². The second kappa shape index (κ2) is 8.15. The Labute approximate surface area is 187 Å². The molecule has 0 radical (unpaired) electrons. The van der Waals surface area contributed by atoms with Gasteiger partial charge in [-0.05, 0) is 52.6 Å². The van der Waals surface area contributed by atoms with Crippen molar-refractivity contribution in [2.45, 2.75) is 31.3 Å². The highest BCUT2D eigenvalue weighted by atomic mass is 16.6. The van der Waals surface area contributed by atoms with E-state index in [4.69, 9.17) is 4.74 Å². The molecule has 162 valence electrons. The Morgan fingerprint density at radius 2 is 1.56 bits per heavy atom. The van der Waals surface area contributed by atoms with Gasteiger partial charge in [0.2, 0.25) is 0 Å². The van der Waals surface area contributed by atoms with E-state index in [1.807, 2.05) is 54.6 Å². The summed E-state index contributed by atoms with van der Waals surface area (Å²) in [4.78, 5) is 26.5. The Bertz CT molecular complexity index is 1160. The number of amides is 1. The zero-order valence-corrected chi connectivity index (χ0v) is 17.8. The van der Waals surface area contributed by atoms with Gasteiger partial charge in [0.1, 0.15) is 6.61 Å². The van der Waals surface area contributed by atoms with Crippen molar-refractivity contribution in [1.29, 1.82) is 0 Å². The number of nitrogens with zero attached hydrogens (tertiary/aromatic N) is 1. The Balaban J connectivity index is 1.25. The lowest BCUT2D eigenvalue weighted by Gasteiger charge is -2.38. The van der Waals surface area contributed by atoms with E-state index in [0.717, 1.165) is 17.5 Å². The zero-order valence-electron chi connectivity index (χ0n) is 17.8. The molecule has 3 aromatic rings. The van der Waals surface area contributed by atoms with Crippen LogP contribution in [0.4, 0.5) is 4.79 Å². The smallest absolute Gasteiger partial charge is 0.410 e. The van der Waals surface area contributed by atoms with Crippen LogP contribution >= 0.6 is 0 Å². The van der Waals surface area contributed by atoms with Crippen LogP contribution in [0.25, 0.3) is 11.1 Å². The topological polar surface area (TPSA) is 66.8 Å². The quantitative estimate of drug-likeness (QED) is 0.497. The minimum atomic E-state index is -0.954. The number of likely N-dealkylation sites (tertiary alicyclic amines) is 1. The average molecular weight is 428 g/mol. The van der Waals surface area contributed by atoms with Crippen LogP contribution in [0.15, 0.2) is 72.8 Å². The monoisotopic (exact) mass is 427 g/mol. The number of aliphatic carboxylic acids is 1. The van der Waals surface area contributed by atoms with E-state index in [1.165, 1.54) is 22.3 Å². The van der Waals surface area contributed by atoms with Crippen LogP contribution in [0.1, 0.15) is 35.1 Å². The number of ether oxygens (including phenoxy) is 1.